The van der Waals surface area contributed by atoms with Crippen LogP contribution in [0.5, 0.6) is 5.75 Å². The van der Waals surface area contributed by atoms with E-state index in [0.717, 1.165) is 0 Å². The van der Waals surface area contributed by atoms with Gasteiger partial charge < -0.3 is 19.7 Å². The van der Waals surface area contributed by atoms with Crippen LogP contribution in [0.1, 0.15) is 27.2 Å². The van der Waals surface area contributed by atoms with Crippen molar-refractivity contribution in [2.75, 3.05) is 18.6 Å². The molecule has 1 aromatic carbocycles. The first-order chi connectivity index (χ1) is 11.3. The second-order valence-electron chi connectivity index (χ2n) is 6.53. The Morgan fingerprint density at radius 3 is 2.62 bits per heavy atom. The Balaban J connectivity index is 2.19. The van der Waals surface area contributed by atoms with E-state index in [2.05, 4.69) is 5.32 Å². The summed E-state index contributed by atoms with van der Waals surface area (Å²) in [5, 5.41) is 2.66. The zero-order chi connectivity index (χ0) is 17.7. The van der Waals surface area contributed by atoms with Crippen LogP contribution in [0.3, 0.4) is 0 Å². The molecule has 1 aliphatic heterocycles. The first-order valence-corrected chi connectivity index (χ1v) is 7.91. The van der Waals surface area contributed by atoms with E-state index in [0.29, 0.717) is 24.4 Å². The molecule has 0 spiro atoms. The fraction of sp³-hybridized carbons (Fsp3) is 0.444. The van der Waals surface area contributed by atoms with Crippen LogP contribution in [0.2, 0.25) is 0 Å². The van der Waals surface area contributed by atoms with Crippen molar-refractivity contribution in [3.05, 3.63) is 36.4 Å². The number of rotatable bonds is 3. The minimum atomic E-state index is -0.677. The topological polar surface area (TPSA) is 67.9 Å². The van der Waals surface area contributed by atoms with Gasteiger partial charge in [-0.15, -0.1) is 0 Å². The molecule has 6 nitrogen and oxygen atoms in total. The summed E-state index contributed by atoms with van der Waals surface area (Å²) in [6.07, 6.45) is 3.61. The zero-order valence-corrected chi connectivity index (χ0v) is 14.5. The van der Waals surface area contributed by atoms with E-state index in [-0.39, 0.29) is 5.91 Å². The van der Waals surface area contributed by atoms with Gasteiger partial charge in [0, 0.05) is 6.54 Å². The summed E-state index contributed by atoms with van der Waals surface area (Å²) < 4.78 is 10.6. The fourth-order valence-electron chi connectivity index (χ4n) is 2.43. The van der Waals surface area contributed by atoms with Gasteiger partial charge in [-0.2, -0.15) is 0 Å². The van der Waals surface area contributed by atoms with Gasteiger partial charge in [0.25, 0.3) is 0 Å². The normalized spacial score (nSPS) is 18.1. The molecule has 0 bridgehead atoms. The van der Waals surface area contributed by atoms with E-state index in [1.54, 1.807) is 38.8 Å². The number of carbonyl (C=O) groups is 2. The minimum Gasteiger partial charge on any atom is -0.495 e. The Morgan fingerprint density at radius 2 is 1.96 bits per heavy atom. The summed E-state index contributed by atoms with van der Waals surface area (Å²) in [5.74, 6) is 0.410. The Morgan fingerprint density at radius 1 is 1.25 bits per heavy atom. The number of anilines is 1. The van der Waals surface area contributed by atoms with Gasteiger partial charge in [0.1, 0.15) is 17.4 Å². The van der Waals surface area contributed by atoms with E-state index in [9.17, 15) is 9.59 Å². The number of alkyl carbamates (subject to hydrolysis) is 1. The number of benzene rings is 1. The van der Waals surface area contributed by atoms with Crippen molar-refractivity contribution in [3.8, 4) is 5.75 Å². The number of nitrogens with one attached hydrogen (secondary N) is 1. The standard InChI is InChI=1S/C18H24N2O4/c1-18(2,3)24-17(22)19-13-9-7-8-12-20(16(13)21)14-10-5-6-11-15(14)23-4/h5-8,10-11,13H,9,12H2,1-4H3,(H,19,22). The van der Waals surface area contributed by atoms with Crippen molar-refractivity contribution >= 4 is 17.7 Å². The van der Waals surface area contributed by atoms with Crippen LogP contribution in [0, 0.1) is 0 Å². The van der Waals surface area contributed by atoms with Crippen molar-refractivity contribution < 1.29 is 19.1 Å². The number of hydrogen-bond donors (Lipinski definition) is 1. The monoisotopic (exact) mass is 332 g/mol. The summed E-state index contributed by atoms with van der Waals surface area (Å²) >= 11 is 0. The molecule has 0 aliphatic carbocycles. The van der Waals surface area contributed by atoms with Crippen molar-refractivity contribution in [1.82, 2.24) is 5.32 Å². The molecule has 1 heterocycles. The quantitative estimate of drug-likeness (QED) is 0.864. The number of para-hydroxylation sites is 2. The summed E-state index contributed by atoms with van der Waals surface area (Å²) in [5.41, 5.74) is 0.0586. The molecule has 130 valence electrons. The lowest BCUT2D eigenvalue weighted by Gasteiger charge is -2.27. The third-order valence-corrected chi connectivity index (χ3v) is 3.46. The summed E-state index contributed by atoms with van der Waals surface area (Å²) in [4.78, 5) is 26.5. The van der Waals surface area contributed by atoms with Crippen LogP contribution in [0.25, 0.3) is 0 Å². The first kappa shape index (κ1) is 17.8. The smallest absolute Gasteiger partial charge is 0.408 e. The lowest BCUT2D eigenvalue weighted by Crippen LogP contribution is -2.49. The predicted molar refractivity (Wildman–Crippen MR) is 92.3 cm³/mol. The van der Waals surface area contributed by atoms with Crippen molar-refractivity contribution in [2.24, 2.45) is 0 Å². The molecule has 0 saturated heterocycles. The molecule has 1 N–H and O–H groups in total. The van der Waals surface area contributed by atoms with Gasteiger partial charge in [-0.25, -0.2) is 4.79 Å². The maximum absolute atomic E-state index is 12.9. The zero-order valence-electron chi connectivity index (χ0n) is 14.5. The molecule has 0 aromatic heterocycles. The third kappa shape index (κ3) is 4.50. The highest BCUT2D eigenvalue weighted by atomic mass is 16.6. The average molecular weight is 332 g/mol. The summed E-state index contributed by atoms with van der Waals surface area (Å²) in [6, 6.07) is 6.63. The molecule has 2 rings (SSSR count). The van der Waals surface area contributed by atoms with Gasteiger partial charge in [-0.3, -0.25) is 4.79 Å². The summed E-state index contributed by atoms with van der Waals surface area (Å²) in [7, 11) is 1.56. The van der Waals surface area contributed by atoms with E-state index in [1.165, 1.54) is 0 Å². The Kier molecular flexibility index (Phi) is 5.49. The van der Waals surface area contributed by atoms with Gasteiger partial charge in [-0.1, -0.05) is 24.3 Å². The van der Waals surface area contributed by atoms with Gasteiger partial charge in [0.05, 0.1) is 12.8 Å². The summed E-state index contributed by atoms with van der Waals surface area (Å²) in [6.45, 7) is 5.76. The third-order valence-electron chi connectivity index (χ3n) is 3.46. The lowest BCUT2D eigenvalue weighted by molar-refractivity contribution is -0.120. The molecule has 1 aliphatic rings. The number of carbonyl (C=O) groups excluding carboxylic acids is 2. The number of nitrogens with zero attached hydrogens (tertiary/aromatic N) is 1. The number of hydrogen-bond acceptors (Lipinski definition) is 4. The second-order valence-corrected chi connectivity index (χ2v) is 6.53. The van der Waals surface area contributed by atoms with Gasteiger partial charge >= 0.3 is 6.09 Å². The van der Waals surface area contributed by atoms with Crippen molar-refractivity contribution in [2.45, 2.75) is 38.8 Å². The van der Waals surface area contributed by atoms with Crippen LogP contribution < -0.4 is 15.0 Å². The SMILES string of the molecule is COc1ccccc1N1CC=CCC(NC(=O)OC(C)(C)C)C1=O. The molecule has 0 saturated carbocycles. The first-order valence-electron chi connectivity index (χ1n) is 7.91. The van der Waals surface area contributed by atoms with E-state index in [4.69, 9.17) is 9.47 Å². The number of methoxy groups -OCH3 is 1. The maximum atomic E-state index is 12.9. The second kappa shape index (κ2) is 7.38. The van der Waals surface area contributed by atoms with Crippen LogP contribution >= 0.6 is 0 Å². The van der Waals surface area contributed by atoms with Crippen LogP contribution in [-0.4, -0.2) is 37.3 Å². The van der Waals surface area contributed by atoms with Gasteiger partial charge in [0.2, 0.25) is 5.91 Å². The molecule has 1 aromatic rings. The van der Waals surface area contributed by atoms with Gasteiger partial charge in [0.15, 0.2) is 0 Å². The largest absolute Gasteiger partial charge is 0.495 e. The van der Waals surface area contributed by atoms with E-state index >= 15 is 0 Å². The Hall–Kier alpha value is -2.50. The molecule has 0 radical (unpaired) electrons. The highest BCUT2D eigenvalue weighted by molar-refractivity contribution is 6.00. The van der Waals surface area contributed by atoms with Crippen LogP contribution in [-0.2, 0) is 9.53 Å². The molecule has 0 fully saturated rings. The molecule has 1 atom stereocenters. The van der Waals surface area contributed by atoms with E-state index < -0.39 is 17.7 Å². The number of amides is 2. The van der Waals surface area contributed by atoms with Crippen molar-refractivity contribution in [3.63, 3.8) is 0 Å². The highest BCUT2D eigenvalue weighted by Gasteiger charge is 2.30. The van der Waals surface area contributed by atoms with E-state index in [1.807, 2.05) is 30.4 Å². The molecule has 1 unspecified atom stereocenters. The van der Waals surface area contributed by atoms with Crippen LogP contribution in [0.15, 0.2) is 36.4 Å². The molecular weight excluding hydrogens is 308 g/mol. The molecule has 6 heteroatoms. The number of ether oxygens (including phenoxy) is 2. The Labute approximate surface area is 142 Å². The maximum Gasteiger partial charge on any atom is 0.408 e. The molecule has 2 amide bonds. The average Bonchev–Trinajstić information content (AvgIpc) is 2.68. The lowest BCUT2D eigenvalue weighted by atomic mass is 10.1. The molecule has 24 heavy (non-hydrogen) atoms. The predicted octanol–water partition coefficient (Wildman–Crippen LogP) is 2.88. The molecular formula is C18H24N2O4. The van der Waals surface area contributed by atoms with Crippen LogP contribution in [0.4, 0.5) is 10.5 Å². The Bertz CT molecular complexity index is 634. The van der Waals surface area contributed by atoms with Gasteiger partial charge in [-0.05, 0) is 39.3 Å². The van der Waals surface area contributed by atoms with Crippen molar-refractivity contribution in [1.29, 1.82) is 0 Å². The minimum absolute atomic E-state index is 0.199. The highest BCUT2D eigenvalue weighted by Crippen LogP contribution is 2.29. The fourth-order valence-corrected chi connectivity index (χ4v) is 2.43.